The molecule has 0 fully saturated rings. The lowest BCUT2D eigenvalue weighted by Crippen LogP contribution is -2.36. The second-order valence-electron chi connectivity index (χ2n) is 3.11. The van der Waals surface area contributed by atoms with Gasteiger partial charge >= 0.3 is 0 Å². The van der Waals surface area contributed by atoms with Gasteiger partial charge in [0.15, 0.2) is 11.0 Å². The summed E-state index contributed by atoms with van der Waals surface area (Å²) in [7, 11) is 0. The van der Waals surface area contributed by atoms with Crippen molar-refractivity contribution in [3.05, 3.63) is 35.1 Å². The van der Waals surface area contributed by atoms with Crippen LogP contribution in [0.25, 0.3) is 10.9 Å². The number of benzene rings is 1. The average molecular weight is 204 g/mol. The first-order chi connectivity index (χ1) is 6.84. The van der Waals surface area contributed by atoms with Crippen molar-refractivity contribution in [3.8, 4) is 0 Å². The Kier molecular flexibility index (Phi) is 1.55. The number of hydrogen-bond acceptors (Lipinski definition) is 4. The molecule has 70 valence electrons. The van der Waals surface area contributed by atoms with Crippen molar-refractivity contribution in [1.82, 2.24) is 10.4 Å². The van der Waals surface area contributed by atoms with Crippen LogP contribution in [0.2, 0.25) is 0 Å². The monoisotopic (exact) mass is 204 g/mol. The van der Waals surface area contributed by atoms with Gasteiger partial charge < -0.3 is 4.98 Å². The van der Waals surface area contributed by atoms with Gasteiger partial charge in [-0.15, -0.1) is 12.6 Å². The highest BCUT2D eigenvalue weighted by atomic mass is 32.1. The largest absolute Gasteiger partial charge is 0.338 e. The SMILES string of the molecule is SC1N=c2[nH]c3ccccc3c2=NN1. The Morgan fingerprint density at radius 2 is 2.14 bits per heavy atom. The summed E-state index contributed by atoms with van der Waals surface area (Å²) >= 11 is 4.18. The lowest BCUT2D eigenvalue weighted by Gasteiger charge is -2.05. The van der Waals surface area contributed by atoms with E-state index in [0.717, 1.165) is 21.7 Å². The van der Waals surface area contributed by atoms with Crippen LogP contribution in [0.3, 0.4) is 0 Å². The highest BCUT2D eigenvalue weighted by Gasteiger charge is 2.07. The number of aromatic nitrogens is 1. The van der Waals surface area contributed by atoms with E-state index in [1.165, 1.54) is 0 Å². The number of H-pyrrole nitrogens is 1. The number of nitrogens with zero attached hydrogens (tertiary/aromatic N) is 2. The quantitative estimate of drug-likeness (QED) is 0.525. The maximum Gasteiger partial charge on any atom is 0.180 e. The number of fused-ring (bicyclic) bond motifs is 3. The molecule has 0 amide bonds. The second kappa shape index (κ2) is 2.75. The predicted octanol–water partition coefficient (Wildman–Crippen LogP) is 0.139. The normalized spacial score (nSPS) is 19.4. The van der Waals surface area contributed by atoms with Crippen LogP contribution in [0.4, 0.5) is 0 Å². The molecule has 0 bridgehead atoms. The summed E-state index contributed by atoms with van der Waals surface area (Å²) in [5, 5.41) is 6.16. The predicted molar refractivity (Wildman–Crippen MR) is 56.5 cm³/mol. The van der Waals surface area contributed by atoms with Crippen molar-refractivity contribution in [2.75, 3.05) is 0 Å². The third-order valence-electron chi connectivity index (χ3n) is 2.20. The summed E-state index contributed by atoms with van der Waals surface area (Å²) in [4.78, 5) is 7.48. The lowest BCUT2D eigenvalue weighted by atomic mass is 10.2. The number of hydrogen-bond donors (Lipinski definition) is 3. The molecule has 0 aliphatic carbocycles. The van der Waals surface area contributed by atoms with Crippen LogP contribution in [-0.4, -0.2) is 10.5 Å². The molecule has 0 spiro atoms. The molecule has 2 N–H and O–H groups in total. The highest BCUT2D eigenvalue weighted by Crippen LogP contribution is 2.04. The Morgan fingerprint density at radius 3 is 3.07 bits per heavy atom. The van der Waals surface area contributed by atoms with Gasteiger partial charge in [-0.25, -0.2) is 4.99 Å². The average Bonchev–Trinajstić information content (AvgIpc) is 2.54. The Labute approximate surface area is 85.1 Å². The molecule has 2 heterocycles. The molecule has 2 aromatic rings. The number of aromatic amines is 1. The molecular weight excluding hydrogens is 196 g/mol. The molecule has 1 unspecified atom stereocenters. The fourth-order valence-electron chi connectivity index (χ4n) is 1.59. The van der Waals surface area contributed by atoms with Crippen LogP contribution in [0.5, 0.6) is 0 Å². The summed E-state index contributed by atoms with van der Waals surface area (Å²) in [6.07, 6.45) is 0. The molecule has 5 heteroatoms. The number of nitrogens with one attached hydrogen (secondary N) is 2. The maximum atomic E-state index is 4.29. The van der Waals surface area contributed by atoms with Crippen molar-refractivity contribution in [2.45, 2.75) is 5.50 Å². The lowest BCUT2D eigenvalue weighted by molar-refractivity contribution is 0.651. The molecule has 1 aromatic carbocycles. The Bertz CT molecular complexity index is 601. The van der Waals surface area contributed by atoms with Gasteiger partial charge in [0.2, 0.25) is 0 Å². The number of rotatable bonds is 0. The fraction of sp³-hybridized carbons (Fsp3) is 0.111. The third-order valence-corrected chi connectivity index (χ3v) is 2.43. The van der Waals surface area contributed by atoms with Crippen molar-refractivity contribution in [2.24, 2.45) is 10.1 Å². The van der Waals surface area contributed by atoms with Gasteiger partial charge in [0.1, 0.15) is 5.36 Å². The zero-order valence-electron chi connectivity index (χ0n) is 7.23. The molecule has 1 aliphatic heterocycles. The fourth-order valence-corrected chi connectivity index (χ4v) is 1.77. The van der Waals surface area contributed by atoms with Gasteiger partial charge in [0, 0.05) is 10.9 Å². The van der Waals surface area contributed by atoms with E-state index < -0.39 is 0 Å². The zero-order chi connectivity index (χ0) is 9.54. The van der Waals surface area contributed by atoms with Gasteiger partial charge in [0.25, 0.3) is 0 Å². The van der Waals surface area contributed by atoms with E-state index in [9.17, 15) is 0 Å². The first kappa shape index (κ1) is 7.87. The molecule has 0 saturated heterocycles. The van der Waals surface area contributed by atoms with E-state index in [1.807, 2.05) is 24.3 Å². The second-order valence-corrected chi connectivity index (χ2v) is 3.60. The summed E-state index contributed by atoms with van der Waals surface area (Å²) in [6.45, 7) is 0. The van der Waals surface area contributed by atoms with Gasteiger partial charge in [0.05, 0.1) is 0 Å². The number of para-hydroxylation sites is 1. The summed E-state index contributed by atoms with van der Waals surface area (Å²) in [5.41, 5.74) is 4.41. The minimum absolute atomic E-state index is 0.254. The van der Waals surface area contributed by atoms with Crippen LogP contribution >= 0.6 is 12.6 Å². The third kappa shape index (κ3) is 1.02. The Hall–Kier alpha value is -1.49. The molecule has 3 rings (SSSR count). The molecule has 1 aromatic heterocycles. The van der Waals surface area contributed by atoms with E-state index in [1.54, 1.807) is 0 Å². The first-order valence-corrected chi connectivity index (χ1v) is 4.82. The molecule has 1 aliphatic rings. The van der Waals surface area contributed by atoms with Crippen LogP contribution in [0, 0.1) is 0 Å². The summed E-state index contributed by atoms with van der Waals surface area (Å²) in [6, 6.07) is 7.99. The topological polar surface area (TPSA) is 52.5 Å². The highest BCUT2D eigenvalue weighted by molar-refractivity contribution is 7.80. The van der Waals surface area contributed by atoms with Crippen molar-refractivity contribution in [3.63, 3.8) is 0 Å². The Morgan fingerprint density at radius 1 is 1.29 bits per heavy atom. The van der Waals surface area contributed by atoms with E-state index in [4.69, 9.17) is 0 Å². The van der Waals surface area contributed by atoms with Crippen molar-refractivity contribution in [1.29, 1.82) is 0 Å². The van der Waals surface area contributed by atoms with Crippen LogP contribution in [-0.2, 0) is 0 Å². The van der Waals surface area contributed by atoms with E-state index in [0.29, 0.717) is 0 Å². The number of thiol groups is 1. The molecule has 0 radical (unpaired) electrons. The minimum atomic E-state index is -0.254. The standard InChI is InChI=1S/C9H8N4S/c14-9-11-8-7(12-13-9)5-3-1-2-4-6(5)10-8/h1-4,9,13-14H,(H,10,11). The zero-order valence-corrected chi connectivity index (χ0v) is 8.12. The molecule has 0 saturated carbocycles. The molecular formula is C9H8N4S. The van der Waals surface area contributed by atoms with Crippen molar-refractivity contribution < 1.29 is 0 Å². The van der Waals surface area contributed by atoms with Gasteiger partial charge in [-0.2, -0.15) is 5.10 Å². The van der Waals surface area contributed by atoms with Crippen LogP contribution < -0.4 is 16.3 Å². The van der Waals surface area contributed by atoms with Crippen LogP contribution in [0.1, 0.15) is 0 Å². The van der Waals surface area contributed by atoms with Gasteiger partial charge in [-0.05, 0) is 6.07 Å². The van der Waals surface area contributed by atoms with Gasteiger partial charge in [-0.1, -0.05) is 18.2 Å². The molecule has 4 nitrogen and oxygen atoms in total. The maximum absolute atomic E-state index is 4.29. The van der Waals surface area contributed by atoms with E-state index in [2.05, 4.69) is 33.1 Å². The van der Waals surface area contributed by atoms with Crippen molar-refractivity contribution >= 4 is 23.5 Å². The molecule has 14 heavy (non-hydrogen) atoms. The van der Waals surface area contributed by atoms with E-state index >= 15 is 0 Å². The van der Waals surface area contributed by atoms with E-state index in [-0.39, 0.29) is 5.50 Å². The van der Waals surface area contributed by atoms with Gasteiger partial charge in [-0.3, -0.25) is 5.43 Å². The minimum Gasteiger partial charge on any atom is -0.338 e. The smallest absolute Gasteiger partial charge is 0.180 e. The summed E-state index contributed by atoms with van der Waals surface area (Å²) < 4.78 is 0. The van der Waals surface area contributed by atoms with Crippen LogP contribution in [0.15, 0.2) is 34.4 Å². The first-order valence-electron chi connectivity index (χ1n) is 4.30. The summed E-state index contributed by atoms with van der Waals surface area (Å²) in [5.74, 6) is 0. The Balaban J connectivity index is 2.52. The molecule has 1 atom stereocenters.